The van der Waals surface area contributed by atoms with Crippen LogP contribution in [-0.4, -0.2) is 22.2 Å². The van der Waals surface area contributed by atoms with Gasteiger partial charge in [0.05, 0.1) is 18.3 Å². The number of fused-ring (bicyclic) bond motifs is 1. The Morgan fingerprint density at radius 2 is 2.20 bits per heavy atom. The van der Waals surface area contributed by atoms with Crippen LogP contribution in [0.4, 0.5) is 0 Å². The molecule has 0 aliphatic rings. The van der Waals surface area contributed by atoms with Crippen LogP contribution in [0.15, 0.2) is 24.4 Å². The van der Waals surface area contributed by atoms with Gasteiger partial charge >= 0.3 is 0 Å². The zero-order valence-electron chi connectivity index (χ0n) is 12.5. The number of nitrogens with zero attached hydrogens (tertiary/aromatic N) is 2. The monoisotopic (exact) mass is 273 g/mol. The molecule has 4 nitrogen and oxygen atoms in total. The zero-order valence-corrected chi connectivity index (χ0v) is 12.5. The smallest absolute Gasteiger partial charge is 0.221 e. The minimum atomic E-state index is 0.0999. The summed E-state index contributed by atoms with van der Waals surface area (Å²) in [7, 11) is 0. The molecule has 0 saturated heterocycles. The average Bonchev–Trinajstić information content (AvgIpc) is 2.80. The second-order valence-electron chi connectivity index (χ2n) is 5.66. The molecular formula is C16H23N3O. The molecule has 0 radical (unpaired) electrons. The Labute approximate surface area is 120 Å². The Morgan fingerprint density at radius 1 is 1.40 bits per heavy atom. The van der Waals surface area contributed by atoms with Crippen LogP contribution in [0.25, 0.3) is 10.9 Å². The molecule has 1 heterocycles. The maximum Gasteiger partial charge on any atom is 0.221 e. The third-order valence-corrected chi connectivity index (χ3v) is 3.46. The molecule has 0 spiro atoms. The Hall–Kier alpha value is -1.84. The van der Waals surface area contributed by atoms with E-state index in [-0.39, 0.29) is 5.91 Å². The van der Waals surface area contributed by atoms with Gasteiger partial charge in [0.1, 0.15) is 0 Å². The van der Waals surface area contributed by atoms with Crippen LogP contribution in [0, 0.1) is 12.8 Å². The van der Waals surface area contributed by atoms with E-state index in [0.29, 0.717) is 18.9 Å². The van der Waals surface area contributed by atoms with E-state index >= 15 is 0 Å². The third-order valence-electron chi connectivity index (χ3n) is 3.46. The van der Waals surface area contributed by atoms with Crippen molar-refractivity contribution in [1.82, 2.24) is 15.1 Å². The lowest BCUT2D eigenvalue weighted by atomic mass is 10.1. The number of para-hydroxylation sites is 1. The lowest BCUT2D eigenvalue weighted by Gasteiger charge is -2.08. The lowest BCUT2D eigenvalue weighted by Crippen LogP contribution is -2.26. The Balaban J connectivity index is 1.91. The van der Waals surface area contributed by atoms with Crippen LogP contribution < -0.4 is 5.32 Å². The van der Waals surface area contributed by atoms with Crippen molar-refractivity contribution >= 4 is 16.8 Å². The molecule has 1 amide bonds. The lowest BCUT2D eigenvalue weighted by molar-refractivity contribution is -0.121. The number of amides is 1. The van der Waals surface area contributed by atoms with Gasteiger partial charge in [-0.05, 0) is 24.8 Å². The van der Waals surface area contributed by atoms with E-state index in [1.165, 1.54) is 5.56 Å². The molecule has 4 heteroatoms. The van der Waals surface area contributed by atoms with Gasteiger partial charge < -0.3 is 5.32 Å². The van der Waals surface area contributed by atoms with Gasteiger partial charge in [-0.3, -0.25) is 9.48 Å². The fourth-order valence-corrected chi connectivity index (χ4v) is 2.29. The molecule has 0 saturated carbocycles. The number of hydrogen-bond acceptors (Lipinski definition) is 2. The number of carbonyl (C=O) groups is 1. The van der Waals surface area contributed by atoms with Crippen LogP contribution >= 0.6 is 0 Å². The van der Waals surface area contributed by atoms with Gasteiger partial charge in [0.25, 0.3) is 0 Å². The molecule has 20 heavy (non-hydrogen) atoms. The second kappa shape index (κ2) is 6.55. The Morgan fingerprint density at radius 3 is 2.95 bits per heavy atom. The summed E-state index contributed by atoms with van der Waals surface area (Å²) < 4.78 is 1.92. The largest absolute Gasteiger partial charge is 0.356 e. The summed E-state index contributed by atoms with van der Waals surface area (Å²) in [6, 6.07) is 6.15. The van der Waals surface area contributed by atoms with Crippen molar-refractivity contribution in [1.29, 1.82) is 0 Å². The van der Waals surface area contributed by atoms with E-state index in [1.54, 1.807) is 0 Å². The van der Waals surface area contributed by atoms with Crippen LogP contribution in [0.3, 0.4) is 0 Å². The van der Waals surface area contributed by atoms with Crippen LogP contribution in [0.2, 0.25) is 0 Å². The van der Waals surface area contributed by atoms with Crippen molar-refractivity contribution in [2.24, 2.45) is 5.92 Å². The van der Waals surface area contributed by atoms with Crippen LogP contribution in [0.1, 0.15) is 32.3 Å². The Bertz CT molecular complexity index is 586. The summed E-state index contributed by atoms with van der Waals surface area (Å²) in [6.07, 6.45) is 3.36. The first-order chi connectivity index (χ1) is 9.58. The second-order valence-corrected chi connectivity index (χ2v) is 5.66. The number of aromatic nitrogens is 2. The molecule has 2 rings (SSSR count). The minimum absolute atomic E-state index is 0.0999. The summed E-state index contributed by atoms with van der Waals surface area (Å²) in [4.78, 5) is 11.8. The van der Waals surface area contributed by atoms with E-state index in [9.17, 15) is 4.79 Å². The number of aryl methyl sites for hydroxylation is 2. The van der Waals surface area contributed by atoms with Gasteiger partial charge in [-0.2, -0.15) is 5.10 Å². The summed E-state index contributed by atoms with van der Waals surface area (Å²) in [5.41, 5.74) is 2.32. The predicted molar refractivity (Wildman–Crippen MR) is 81.6 cm³/mol. The molecule has 0 aliphatic heterocycles. The van der Waals surface area contributed by atoms with Gasteiger partial charge in [0, 0.05) is 18.4 Å². The molecule has 0 aliphatic carbocycles. The van der Waals surface area contributed by atoms with E-state index in [2.05, 4.69) is 43.3 Å². The molecular weight excluding hydrogens is 250 g/mol. The summed E-state index contributed by atoms with van der Waals surface area (Å²) >= 11 is 0. The highest BCUT2D eigenvalue weighted by atomic mass is 16.1. The van der Waals surface area contributed by atoms with Crippen molar-refractivity contribution in [2.45, 2.75) is 40.2 Å². The number of nitrogens with one attached hydrogen (secondary N) is 1. The normalized spacial score (nSPS) is 11.2. The van der Waals surface area contributed by atoms with E-state index in [1.807, 2.05) is 16.9 Å². The molecule has 0 fully saturated rings. The van der Waals surface area contributed by atoms with Crippen molar-refractivity contribution in [2.75, 3.05) is 6.54 Å². The highest BCUT2D eigenvalue weighted by molar-refractivity contribution is 5.82. The maximum atomic E-state index is 11.8. The topological polar surface area (TPSA) is 46.9 Å². The van der Waals surface area contributed by atoms with Crippen molar-refractivity contribution in [3.63, 3.8) is 0 Å². The van der Waals surface area contributed by atoms with E-state index < -0.39 is 0 Å². The van der Waals surface area contributed by atoms with Gasteiger partial charge in [-0.25, -0.2) is 0 Å². The molecule has 2 aromatic rings. The average molecular weight is 273 g/mol. The van der Waals surface area contributed by atoms with E-state index in [4.69, 9.17) is 0 Å². The Kier molecular flexibility index (Phi) is 4.77. The maximum absolute atomic E-state index is 11.8. The SMILES string of the molecule is Cc1cccc2cnn(CCC(=O)NCCC(C)C)c12. The molecule has 1 aromatic heterocycles. The minimum Gasteiger partial charge on any atom is -0.356 e. The highest BCUT2D eigenvalue weighted by Gasteiger charge is 2.07. The van der Waals surface area contributed by atoms with Gasteiger partial charge in [-0.1, -0.05) is 32.0 Å². The first kappa shape index (κ1) is 14.6. The van der Waals surface area contributed by atoms with E-state index in [0.717, 1.165) is 23.9 Å². The molecule has 108 valence electrons. The summed E-state index contributed by atoms with van der Waals surface area (Å²) in [5, 5.41) is 8.46. The fourth-order valence-electron chi connectivity index (χ4n) is 2.29. The summed E-state index contributed by atoms with van der Waals surface area (Å²) in [5.74, 6) is 0.718. The molecule has 0 atom stereocenters. The molecule has 1 aromatic carbocycles. The quantitative estimate of drug-likeness (QED) is 0.879. The number of carbonyl (C=O) groups excluding carboxylic acids is 1. The van der Waals surface area contributed by atoms with Gasteiger partial charge in [0.2, 0.25) is 5.91 Å². The molecule has 1 N–H and O–H groups in total. The zero-order chi connectivity index (χ0) is 14.5. The summed E-state index contributed by atoms with van der Waals surface area (Å²) in [6.45, 7) is 7.77. The van der Waals surface area contributed by atoms with Crippen LogP contribution in [-0.2, 0) is 11.3 Å². The standard InChI is InChI=1S/C16H23N3O/c1-12(2)7-9-17-15(20)8-10-19-16-13(3)5-4-6-14(16)11-18-19/h4-6,11-12H,7-10H2,1-3H3,(H,17,20). The number of hydrogen-bond donors (Lipinski definition) is 1. The van der Waals surface area contributed by atoms with Crippen molar-refractivity contribution in [3.8, 4) is 0 Å². The number of benzene rings is 1. The van der Waals surface area contributed by atoms with Crippen molar-refractivity contribution in [3.05, 3.63) is 30.0 Å². The third kappa shape index (κ3) is 3.59. The number of rotatable bonds is 6. The highest BCUT2D eigenvalue weighted by Crippen LogP contribution is 2.17. The van der Waals surface area contributed by atoms with Crippen molar-refractivity contribution < 1.29 is 4.79 Å². The van der Waals surface area contributed by atoms with Gasteiger partial charge in [-0.15, -0.1) is 0 Å². The van der Waals surface area contributed by atoms with Gasteiger partial charge in [0.15, 0.2) is 0 Å². The molecule has 0 unspecified atom stereocenters. The molecule has 0 bridgehead atoms. The van der Waals surface area contributed by atoms with Crippen LogP contribution in [0.5, 0.6) is 0 Å². The fraction of sp³-hybridized carbons (Fsp3) is 0.500. The first-order valence-electron chi connectivity index (χ1n) is 7.25. The first-order valence-corrected chi connectivity index (χ1v) is 7.25. The predicted octanol–water partition coefficient (Wildman–Crippen LogP) is 2.90.